The number of phenols is 1. The maximum Gasteiger partial charge on any atom is 0.147 e. The van der Waals surface area contributed by atoms with Crippen LogP contribution in [-0.2, 0) is 0 Å². The van der Waals surface area contributed by atoms with Gasteiger partial charge in [-0.2, -0.15) is 0 Å². The van der Waals surface area contributed by atoms with Crippen LogP contribution in [0.1, 0.15) is 0 Å². The fraction of sp³-hybridized carbons (Fsp3) is 0.222. The second-order valence-electron chi connectivity index (χ2n) is 5.64. The lowest BCUT2D eigenvalue weighted by atomic mass is 10.0. The first-order chi connectivity index (χ1) is 11.3. The lowest BCUT2D eigenvalue weighted by molar-refractivity contribution is 0.475. The number of aromatic nitrogens is 2. The molecule has 0 unspecified atom stereocenters. The molecule has 4 rings (SSSR count). The van der Waals surface area contributed by atoms with Gasteiger partial charge in [-0.15, -0.1) is 0 Å². The molecule has 0 spiro atoms. The van der Waals surface area contributed by atoms with Crippen molar-refractivity contribution in [3.8, 4) is 16.9 Å². The van der Waals surface area contributed by atoms with Gasteiger partial charge in [-0.05, 0) is 35.4 Å². The Kier molecular flexibility index (Phi) is 3.55. The highest BCUT2D eigenvalue weighted by atomic mass is 16.3. The highest BCUT2D eigenvalue weighted by molar-refractivity contribution is 5.82. The van der Waals surface area contributed by atoms with Crippen molar-refractivity contribution in [2.24, 2.45) is 0 Å². The molecule has 1 fully saturated rings. The van der Waals surface area contributed by atoms with Gasteiger partial charge in [-0.25, -0.2) is 10.3 Å². The van der Waals surface area contributed by atoms with E-state index in [2.05, 4.69) is 15.2 Å². The number of aromatic hydroxyl groups is 1. The zero-order valence-corrected chi connectivity index (χ0v) is 12.7. The maximum absolute atomic E-state index is 9.42. The van der Waals surface area contributed by atoms with Crippen LogP contribution in [0.15, 0.2) is 48.7 Å². The summed E-state index contributed by atoms with van der Waals surface area (Å²) in [6, 6.07) is 13.3. The summed E-state index contributed by atoms with van der Waals surface area (Å²) in [6.45, 7) is 3.51. The minimum atomic E-state index is 0.270. The second kappa shape index (κ2) is 5.85. The number of phenolic OH excluding ortho intramolecular Hbond substituents is 1. The van der Waals surface area contributed by atoms with Gasteiger partial charge < -0.3 is 10.0 Å². The number of benzene rings is 2. The number of nitrogens with zero attached hydrogens (tertiary/aromatic N) is 4. The Balaban J connectivity index is 1.72. The molecule has 1 N–H and O–H groups in total. The number of fused-ring (bicyclic) bond motifs is 1. The van der Waals surface area contributed by atoms with Crippen molar-refractivity contribution in [3.05, 3.63) is 48.7 Å². The Morgan fingerprint density at radius 1 is 0.870 bits per heavy atom. The summed E-state index contributed by atoms with van der Waals surface area (Å²) in [4.78, 5) is 11.5. The molecule has 1 aliphatic rings. The number of rotatable bonds is 2. The molecule has 2 aromatic carbocycles. The summed E-state index contributed by atoms with van der Waals surface area (Å²) in [5, 5.41) is 13.8. The smallest absolute Gasteiger partial charge is 0.147 e. The molecular formula is C18H17N4O. The van der Waals surface area contributed by atoms with Crippen LogP contribution in [0.4, 0.5) is 5.82 Å². The van der Waals surface area contributed by atoms with Crippen molar-refractivity contribution in [1.82, 2.24) is 15.3 Å². The van der Waals surface area contributed by atoms with Crippen LogP contribution in [0, 0.1) is 0 Å². The van der Waals surface area contributed by atoms with Gasteiger partial charge in [-0.3, -0.25) is 4.98 Å². The van der Waals surface area contributed by atoms with E-state index < -0.39 is 0 Å². The van der Waals surface area contributed by atoms with E-state index in [9.17, 15) is 5.11 Å². The number of hydrogen-bond acceptors (Lipinski definition) is 4. The molecule has 1 radical (unpaired) electrons. The molecule has 23 heavy (non-hydrogen) atoms. The molecule has 115 valence electrons. The Hall–Kier alpha value is -2.66. The van der Waals surface area contributed by atoms with Gasteiger partial charge in [0.15, 0.2) is 0 Å². The minimum Gasteiger partial charge on any atom is -0.508 e. The van der Waals surface area contributed by atoms with Crippen molar-refractivity contribution < 1.29 is 5.11 Å². The third-order valence-electron chi connectivity index (χ3n) is 4.11. The van der Waals surface area contributed by atoms with Crippen molar-refractivity contribution >= 4 is 16.9 Å². The Morgan fingerprint density at radius 2 is 1.61 bits per heavy atom. The van der Waals surface area contributed by atoms with E-state index in [-0.39, 0.29) is 5.75 Å². The van der Waals surface area contributed by atoms with Crippen LogP contribution >= 0.6 is 0 Å². The maximum atomic E-state index is 9.42. The topological polar surface area (TPSA) is 63.4 Å². The van der Waals surface area contributed by atoms with Crippen LogP contribution in [-0.4, -0.2) is 41.3 Å². The standard InChI is InChI=1S/C18H17N4O/c23-15-4-1-13(2-5-15)14-3-6-16-17(11-14)21-18(12-20-16)22-9-7-19-8-10-22/h1-6,11-12,23H,7-10H2. The van der Waals surface area contributed by atoms with Crippen LogP contribution in [0.25, 0.3) is 22.2 Å². The summed E-state index contributed by atoms with van der Waals surface area (Å²) in [7, 11) is 0. The number of anilines is 1. The summed E-state index contributed by atoms with van der Waals surface area (Å²) >= 11 is 0. The molecule has 1 saturated heterocycles. The van der Waals surface area contributed by atoms with Gasteiger partial charge in [0.05, 0.1) is 17.2 Å². The summed E-state index contributed by atoms with van der Waals surface area (Å²) in [5.74, 6) is 1.18. The Bertz CT molecular complexity index is 826. The molecule has 3 aromatic rings. The van der Waals surface area contributed by atoms with Gasteiger partial charge in [0.25, 0.3) is 0 Å². The molecule has 0 saturated carbocycles. The fourth-order valence-corrected chi connectivity index (χ4v) is 2.82. The van der Waals surface area contributed by atoms with Gasteiger partial charge in [0.1, 0.15) is 11.6 Å². The Morgan fingerprint density at radius 3 is 2.39 bits per heavy atom. The quantitative estimate of drug-likeness (QED) is 0.790. The zero-order chi connectivity index (χ0) is 15.6. The largest absolute Gasteiger partial charge is 0.508 e. The van der Waals surface area contributed by atoms with E-state index in [1.54, 1.807) is 12.1 Å². The van der Waals surface area contributed by atoms with Crippen molar-refractivity contribution in [1.29, 1.82) is 0 Å². The molecule has 0 bridgehead atoms. The van der Waals surface area contributed by atoms with Crippen molar-refractivity contribution in [3.63, 3.8) is 0 Å². The summed E-state index contributed by atoms with van der Waals surface area (Å²) < 4.78 is 0. The average molecular weight is 305 g/mol. The molecule has 1 aliphatic heterocycles. The van der Waals surface area contributed by atoms with Gasteiger partial charge >= 0.3 is 0 Å². The zero-order valence-electron chi connectivity index (χ0n) is 12.7. The van der Waals surface area contributed by atoms with Crippen molar-refractivity contribution in [2.75, 3.05) is 31.1 Å². The van der Waals surface area contributed by atoms with Crippen molar-refractivity contribution in [2.45, 2.75) is 0 Å². The van der Waals surface area contributed by atoms with E-state index in [1.165, 1.54) is 0 Å². The SMILES string of the molecule is Oc1ccc(-c2ccc3ncc(N4CC[N]CC4)nc3c2)cc1. The van der Waals surface area contributed by atoms with E-state index >= 15 is 0 Å². The van der Waals surface area contributed by atoms with E-state index in [0.29, 0.717) is 0 Å². The molecule has 0 atom stereocenters. The van der Waals surface area contributed by atoms with Gasteiger partial charge in [-0.1, -0.05) is 18.2 Å². The van der Waals surface area contributed by atoms with E-state index in [0.717, 1.165) is 54.2 Å². The van der Waals surface area contributed by atoms with Crippen LogP contribution in [0.2, 0.25) is 0 Å². The lowest BCUT2D eigenvalue weighted by Crippen LogP contribution is -2.40. The summed E-state index contributed by atoms with van der Waals surface area (Å²) in [6.07, 6.45) is 1.84. The first-order valence-corrected chi connectivity index (χ1v) is 7.74. The summed E-state index contributed by atoms with van der Waals surface area (Å²) in [5.41, 5.74) is 3.89. The molecule has 5 nitrogen and oxygen atoms in total. The van der Waals surface area contributed by atoms with Crippen LogP contribution < -0.4 is 10.2 Å². The number of piperazine rings is 1. The highest BCUT2D eigenvalue weighted by Gasteiger charge is 2.13. The van der Waals surface area contributed by atoms with Gasteiger partial charge in [0, 0.05) is 26.2 Å². The molecule has 0 aliphatic carbocycles. The highest BCUT2D eigenvalue weighted by Crippen LogP contribution is 2.25. The second-order valence-corrected chi connectivity index (χ2v) is 5.64. The first kappa shape index (κ1) is 14.0. The minimum absolute atomic E-state index is 0.270. The molecule has 5 heteroatoms. The average Bonchev–Trinajstić information content (AvgIpc) is 2.62. The predicted octanol–water partition coefficient (Wildman–Crippen LogP) is 2.43. The number of hydrogen-bond donors (Lipinski definition) is 1. The van der Waals surface area contributed by atoms with Crippen LogP contribution in [0.3, 0.4) is 0 Å². The normalized spacial score (nSPS) is 15.0. The predicted molar refractivity (Wildman–Crippen MR) is 90.7 cm³/mol. The third kappa shape index (κ3) is 2.83. The first-order valence-electron chi connectivity index (χ1n) is 7.74. The third-order valence-corrected chi connectivity index (χ3v) is 4.11. The molecule has 2 heterocycles. The Labute approximate surface area is 134 Å². The molecule has 0 amide bonds. The molecule has 1 aromatic heterocycles. The van der Waals surface area contributed by atoms with E-state index in [1.807, 2.05) is 36.5 Å². The van der Waals surface area contributed by atoms with E-state index in [4.69, 9.17) is 4.98 Å². The molecular weight excluding hydrogens is 288 g/mol. The lowest BCUT2D eigenvalue weighted by Gasteiger charge is -2.27. The monoisotopic (exact) mass is 305 g/mol. The fourth-order valence-electron chi connectivity index (χ4n) is 2.82. The van der Waals surface area contributed by atoms with Crippen LogP contribution in [0.5, 0.6) is 5.75 Å². The van der Waals surface area contributed by atoms with Gasteiger partial charge in [0.2, 0.25) is 0 Å².